The van der Waals surface area contributed by atoms with E-state index in [1.165, 1.54) is 12.1 Å². The predicted octanol–water partition coefficient (Wildman–Crippen LogP) is 4.86. The van der Waals surface area contributed by atoms with Gasteiger partial charge in [0.25, 0.3) is 0 Å². The maximum absolute atomic E-state index is 12.9. The van der Waals surface area contributed by atoms with Crippen molar-refractivity contribution in [1.82, 2.24) is 5.32 Å². The van der Waals surface area contributed by atoms with Crippen molar-refractivity contribution < 1.29 is 17.9 Å². The lowest BCUT2D eigenvalue weighted by Gasteiger charge is -2.30. The van der Waals surface area contributed by atoms with Crippen molar-refractivity contribution in [3.05, 3.63) is 58.1 Å². The fraction of sp³-hybridized carbons (Fsp3) is 0.409. The number of anilines is 1. The molecule has 0 bridgehead atoms. The summed E-state index contributed by atoms with van der Waals surface area (Å²) in [5.74, 6) is 0.632. The number of carbonyl (C=O) groups excluding carboxylic acids is 1. The highest BCUT2D eigenvalue weighted by Crippen LogP contribution is 2.33. The molecule has 1 atom stereocenters. The molecule has 1 N–H and O–H groups in total. The van der Waals surface area contributed by atoms with Crippen molar-refractivity contribution in [2.24, 2.45) is 0 Å². The van der Waals surface area contributed by atoms with E-state index in [0.29, 0.717) is 10.9 Å². The average molecular weight is 487 g/mol. The molecule has 2 aromatic carbocycles. The van der Waals surface area contributed by atoms with Crippen LogP contribution < -0.4 is 14.4 Å². The minimum absolute atomic E-state index is 0.167. The molecule has 0 aromatic heterocycles. The molecule has 0 saturated carbocycles. The summed E-state index contributed by atoms with van der Waals surface area (Å²) in [6.45, 7) is 6.37. The number of halogens is 2. The Balaban J connectivity index is 2.12. The maximum atomic E-state index is 12.9. The number of nitrogens with zero attached hydrogens (tertiary/aromatic N) is 1. The standard InChI is InChI=1S/C22H28Cl2N2O4S/c1-5-19(26(31(4,28)29)20-14-16(23)10-11-18(20)24)22(27)25-12-13-30-21-9-7-6-8-17(21)15(2)3/h6-11,14-15,19H,5,12-13H2,1-4H3,(H,25,27)/t19-/m0/s1. The van der Waals surface area contributed by atoms with Crippen molar-refractivity contribution >= 4 is 44.8 Å². The van der Waals surface area contributed by atoms with Gasteiger partial charge in [0.2, 0.25) is 15.9 Å². The summed E-state index contributed by atoms with van der Waals surface area (Å²) in [4.78, 5) is 12.9. The average Bonchev–Trinajstić information content (AvgIpc) is 2.70. The molecule has 0 spiro atoms. The van der Waals surface area contributed by atoms with Crippen LogP contribution in [-0.2, 0) is 14.8 Å². The molecule has 6 nitrogen and oxygen atoms in total. The Bertz CT molecular complexity index is 1010. The number of hydrogen-bond acceptors (Lipinski definition) is 4. The largest absolute Gasteiger partial charge is 0.491 e. The fourth-order valence-electron chi connectivity index (χ4n) is 3.23. The number of rotatable bonds is 10. The molecule has 0 fully saturated rings. The first-order valence-electron chi connectivity index (χ1n) is 10.00. The Kier molecular flexibility index (Phi) is 9.03. The SMILES string of the molecule is CC[C@@H](C(=O)NCCOc1ccccc1C(C)C)N(c1cc(Cl)ccc1Cl)S(C)(=O)=O. The third-order valence-electron chi connectivity index (χ3n) is 4.68. The second kappa shape index (κ2) is 11.1. The lowest BCUT2D eigenvalue weighted by atomic mass is 10.0. The number of amides is 1. The monoisotopic (exact) mass is 486 g/mol. The number of ether oxygens (including phenoxy) is 1. The van der Waals surface area contributed by atoms with Crippen LogP contribution in [0.25, 0.3) is 0 Å². The Labute approximate surface area is 194 Å². The van der Waals surface area contributed by atoms with Gasteiger partial charge in [-0.1, -0.05) is 62.2 Å². The zero-order valence-electron chi connectivity index (χ0n) is 18.1. The predicted molar refractivity (Wildman–Crippen MR) is 127 cm³/mol. The van der Waals surface area contributed by atoms with E-state index >= 15 is 0 Å². The number of hydrogen-bond donors (Lipinski definition) is 1. The minimum atomic E-state index is -3.80. The van der Waals surface area contributed by atoms with E-state index in [1.54, 1.807) is 13.0 Å². The van der Waals surface area contributed by atoms with Crippen LogP contribution in [0.3, 0.4) is 0 Å². The quantitative estimate of drug-likeness (QED) is 0.486. The highest BCUT2D eigenvalue weighted by atomic mass is 35.5. The molecule has 9 heteroatoms. The smallest absolute Gasteiger partial charge is 0.244 e. The van der Waals surface area contributed by atoms with Crippen LogP contribution in [0.4, 0.5) is 5.69 Å². The number of benzene rings is 2. The summed E-state index contributed by atoms with van der Waals surface area (Å²) in [5, 5.41) is 3.27. The van der Waals surface area contributed by atoms with Crippen molar-refractivity contribution in [2.75, 3.05) is 23.7 Å². The van der Waals surface area contributed by atoms with Gasteiger partial charge in [-0.15, -0.1) is 0 Å². The third-order valence-corrected chi connectivity index (χ3v) is 6.40. The molecule has 0 aliphatic carbocycles. The van der Waals surface area contributed by atoms with Gasteiger partial charge in [-0.2, -0.15) is 0 Å². The summed E-state index contributed by atoms with van der Waals surface area (Å²) in [7, 11) is -3.80. The van der Waals surface area contributed by atoms with Gasteiger partial charge in [-0.05, 0) is 42.2 Å². The van der Waals surface area contributed by atoms with Gasteiger partial charge in [0, 0.05) is 5.02 Å². The summed E-state index contributed by atoms with van der Waals surface area (Å²) >= 11 is 12.3. The van der Waals surface area contributed by atoms with E-state index in [1.807, 2.05) is 24.3 Å². The Morgan fingerprint density at radius 3 is 2.45 bits per heavy atom. The first kappa shape index (κ1) is 25.3. The highest BCUT2D eigenvalue weighted by molar-refractivity contribution is 7.92. The van der Waals surface area contributed by atoms with Crippen LogP contribution in [0, 0.1) is 0 Å². The van der Waals surface area contributed by atoms with Gasteiger partial charge in [-0.25, -0.2) is 8.42 Å². The number of carbonyl (C=O) groups is 1. The van der Waals surface area contributed by atoms with Gasteiger partial charge >= 0.3 is 0 Å². The zero-order valence-corrected chi connectivity index (χ0v) is 20.4. The first-order valence-corrected chi connectivity index (χ1v) is 12.6. The van der Waals surface area contributed by atoms with E-state index < -0.39 is 22.0 Å². The van der Waals surface area contributed by atoms with E-state index in [2.05, 4.69) is 19.2 Å². The summed E-state index contributed by atoms with van der Waals surface area (Å²) in [5.41, 5.74) is 1.25. The van der Waals surface area contributed by atoms with Crippen molar-refractivity contribution in [1.29, 1.82) is 0 Å². The normalized spacial score (nSPS) is 12.5. The molecular formula is C22H28Cl2N2O4S. The molecule has 2 rings (SSSR count). The lowest BCUT2D eigenvalue weighted by Crippen LogP contribution is -2.50. The van der Waals surface area contributed by atoms with Crippen LogP contribution in [0.5, 0.6) is 5.75 Å². The molecule has 0 aliphatic heterocycles. The number of para-hydroxylation sites is 1. The van der Waals surface area contributed by atoms with Crippen LogP contribution >= 0.6 is 23.2 Å². The molecule has 31 heavy (non-hydrogen) atoms. The maximum Gasteiger partial charge on any atom is 0.244 e. The molecule has 0 unspecified atom stereocenters. The van der Waals surface area contributed by atoms with Crippen LogP contribution in [0.15, 0.2) is 42.5 Å². The van der Waals surface area contributed by atoms with Gasteiger partial charge in [0.1, 0.15) is 18.4 Å². The molecular weight excluding hydrogens is 459 g/mol. The van der Waals surface area contributed by atoms with Crippen LogP contribution in [0.1, 0.15) is 38.7 Å². The molecule has 0 aliphatic rings. The van der Waals surface area contributed by atoms with Gasteiger partial charge < -0.3 is 10.1 Å². The van der Waals surface area contributed by atoms with E-state index in [9.17, 15) is 13.2 Å². The zero-order chi connectivity index (χ0) is 23.2. The minimum Gasteiger partial charge on any atom is -0.491 e. The van der Waals surface area contributed by atoms with E-state index in [4.69, 9.17) is 27.9 Å². The number of sulfonamides is 1. The fourth-order valence-corrected chi connectivity index (χ4v) is 4.87. The number of nitrogens with one attached hydrogen (secondary N) is 1. The molecule has 170 valence electrons. The molecule has 0 saturated heterocycles. The molecule has 1 amide bonds. The summed E-state index contributed by atoms with van der Waals surface area (Å²) in [6, 6.07) is 11.3. The first-order chi connectivity index (χ1) is 14.6. The summed E-state index contributed by atoms with van der Waals surface area (Å²) in [6.07, 6.45) is 1.28. The topological polar surface area (TPSA) is 75.7 Å². The second-order valence-electron chi connectivity index (χ2n) is 7.41. The van der Waals surface area contributed by atoms with Crippen molar-refractivity contribution in [3.8, 4) is 5.75 Å². The van der Waals surface area contributed by atoms with Crippen molar-refractivity contribution in [2.45, 2.75) is 39.2 Å². The highest BCUT2D eigenvalue weighted by Gasteiger charge is 2.32. The van der Waals surface area contributed by atoms with Crippen LogP contribution in [-0.4, -0.2) is 39.8 Å². The van der Waals surface area contributed by atoms with E-state index in [0.717, 1.165) is 21.9 Å². The summed E-state index contributed by atoms with van der Waals surface area (Å²) < 4.78 is 31.9. The molecule has 2 aromatic rings. The molecule has 0 radical (unpaired) electrons. The van der Waals surface area contributed by atoms with Gasteiger partial charge in [0.15, 0.2) is 0 Å². The van der Waals surface area contributed by atoms with E-state index in [-0.39, 0.29) is 30.3 Å². The second-order valence-corrected chi connectivity index (χ2v) is 10.1. The third kappa shape index (κ3) is 6.76. The lowest BCUT2D eigenvalue weighted by molar-refractivity contribution is -0.122. The Hall–Kier alpha value is -1.96. The Morgan fingerprint density at radius 1 is 1.16 bits per heavy atom. The van der Waals surface area contributed by atoms with Crippen molar-refractivity contribution in [3.63, 3.8) is 0 Å². The van der Waals surface area contributed by atoms with Crippen LogP contribution in [0.2, 0.25) is 10.0 Å². The van der Waals surface area contributed by atoms with Gasteiger partial charge in [-0.3, -0.25) is 9.10 Å². The Morgan fingerprint density at radius 2 is 1.84 bits per heavy atom. The molecule has 0 heterocycles. The van der Waals surface area contributed by atoms with Gasteiger partial charge in [0.05, 0.1) is 23.5 Å².